The molecule has 7 nitrogen and oxygen atoms in total. The quantitative estimate of drug-likeness (QED) is 0.627. The Bertz CT molecular complexity index is 895. The molecule has 1 unspecified atom stereocenters. The van der Waals surface area contributed by atoms with Crippen molar-refractivity contribution in [1.82, 2.24) is 0 Å². The van der Waals surface area contributed by atoms with Crippen LogP contribution in [-0.2, 0) is 9.59 Å². The number of nitrogens with zero attached hydrogens (tertiary/aromatic N) is 1. The Kier molecular flexibility index (Phi) is 7.81. The molecule has 0 aliphatic heterocycles. The second kappa shape index (κ2) is 10.3. The molecule has 146 valence electrons. The third-order valence-electron chi connectivity index (χ3n) is 4.05. The van der Waals surface area contributed by atoms with E-state index in [1.54, 1.807) is 43.5 Å². The predicted molar refractivity (Wildman–Crippen MR) is 108 cm³/mol. The fraction of sp³-hybridized carbons (Fsp3) is 0.250. The Hall–Kier alpha value is -3.08. The van der Waals surface area contributed by atoms with Gasteiger partial charge in [-0.1, -0.05) is 17.7 Å². The number of carbonyl (C=O) groups is 2. The first kappa shape index (κ1) is 21.2. The van der Waals surface area contributed by atoms with E-state index in [0.29, 0.717) is 29.2 Å². The predicted octanol–water partition coefficient (Wildman–Crippen LogP) is 1.70. The molecule has 0 fully saturated rings. The minimum atomic E-state index is -0.244. The van der Waals surface area contributed by atoms with Crippen molar-refractivity contribution in [3.05, 3.63) is 53.1 Å². The van der Waals surface area contributed by atoms with Crippen LogP contribution < -0.4 is 20.3 Å². The van der Waals surface area contributed by atoms with Crippen molar-refractivity contribution in [3.63, 3.8) is 0 Å². The van der Waals surface area contributed by atoms with Crippen LogP contribution in [-0.4, -0.2) is 38.6 Å². The van der Waals surface area contributed by atoms with Gasteiger partial charge in [0.15, 0.2) is 13.1 Å². The number of rotatable bonds is 8. The molecule has 8 heteroatoms. The number of carbonyl (C=O) groups excluding carboxylic acids is 2. The molecule has 0 heterocycles. The molecule has 2 amide bonds. The zero-order valence-electron chi connectivity index (χ0n) is 15.7. The SMILES string of the molecule is CC[NH+](CC(=O)Nc1cccc(OC)c1)CC(=O)Nc1ccc(C#N)c(Cl)c1. The van der Waals surface area contributed by atoms with E-state index in [4.69, 9.17) is 21.6 Å². The van der Waals surface area contributed by atoms with Gasteiger partial charge >= 0.3 is 0 Å². The fourth-order valence-electron chi connectivity index (χ4n) is 2.56. The minimum Gasteiger partial charge on any atom is -0.497 e. The zero-order chi connectivity index (χ0) is 20.5. The largest absolute Gasteiger partial charge is 0.497 e. The molecule has 0 saturated carbocycles. The molecule has 2 rings (SSSR count). The highest BCUT2D eigenvalue weighted by Gasteiger charge is 2.17. The molecule has 0 aliphatic carbocycles. The summed E-state index contributed by atoms with van der Waals surface area (Å²) in [7, 11) is 1.56. The monoisotopic (exact) mass is 401 g/mol. The first-order valence-electron chi connectivity index (χ1n) is 8.72. The molecule has 2 aromatic rings. The molecule has 0 aliphatic rings. The van der Waals surface area contributed by atoms with Gasteiger partial charge in [0.2, 0.25) is 0 Å². The summed E-state index contributed by atoms with van der Waals surface area (Å²) in [6.07, 6.45) is 0. The lowest BCUT2D eigenvalue weighted by Gasteiger charge is -2.17. The van der Waals surface area contributed by atoms with E-state index in [0.717, 1.165) is 4.90 Å². The molecule has 2 aromatic carbocycles. The average molecular weight is 402 g/mol. The fourth-order valence-corrected chi connectivity index (χ4v) is 2.78. The molecule has 28 heavy (non-hydrogen) atoms. The number of amides is 2. The Morgan fingerprint density at radius 1 is 1.11 bits per heavy atom. The number of hydrogen-bond acceptors (Lipinski definition) is 4. The number of ether oxygens (including phenoxy) is 1. The molecule has 0 saturated heterocycles. The van der Waals surface area contributed by atoms with Crippen molar-refractivity contribution in [2.75, 3.05) is 37.4 Å². The first-order valence-corrected chi connectivity index (χ1v) is 9.10. The van der Waals surface area contributed by atoms with Crippen molar-refractivity contribution in [3.8, 4) is 11.8 Å². The van der Waals surface area contributed by atoms with Crippen LogP contribution in [0.5, 0.6) is 5.75 Å². The minimum absolute atomic E-state index is 0.125. The molecule has 0 radical (unpaired) electrons. The summed E-state index contributed by atoms with van der Waals surface area (Å²) in [5, 5.41) is 14.7. The maximum atomic E-state index is 12.3. The Morgan fingerprint density at radius 3 is 2.29 bits per heavy atom. The Labute approximate surface area is 168 Å². The number of anilines is 2. The maximum absolute atomic E-state index is 12.3. The van der Waals surface area contributed by atoms with Crippen LogP contribution in [0.2, 0.25) is 5.02 Å². The second-order valence-corrected chi connectivity index (χ2v) is 6.50. The van der Waals surface area contributed by atoms with Gasteiger partial charge in [0.25, 0.3) is 11.8 Å². The smallest absolute Gasteiger partial charge is 0.279 e. The number of likely N-dealkylation sites (N-methyl/N-ethyl adjacent to an activating group) is 1. The van der Waals surface area contributed by atoms with Gasteiger partial charge in [-0.3, -0.25) is 9.59 Å². The van der Waals surface area contributed by atoms with Gasteiger partial charge in [0.05, 0.1) is 24.2 Å². The highest BCUT2D eigenvalue weighted by atomic mass is 35.5. The summed E-state index contributed by atoms with van der Waals surface area (Å²) in [5.74, 6) is 0.212. The van der Waals surface area contributed by atoms with E-state index in [-0.39, 0.29) is 29.9 Å². The van der Waals surface area contributed by atoms with Crippen LogP contribution >= 0.6 is 11.6 Å². The van der Waals surface area contributed by atoms with E-state index in [2.05, 4.69) is 10.6 Å². The van der Waals surface area contributed by atoms with Crippen LogP contribution in [0.4, 0.5) is 11.4 Å². The third-order valence-corrected chi connectivity index (χ3v) is 4.36. The molecule has 3 N–H and O–H groups in total. The Morgan fingerprint density at radius 2 is 1.75 bits per heavy atom. The lowest BCUT2D eigenvalue weighted by atomic mass is 10.2. The number of benzene rings is 2. The molecule has 1 atom stereocenters. The lowest BCUT2D eigenvalue weighted by molar-refractivity contribution is -0.881. The topological polar surface area (TPSA) is 95.7 Å². The summed E-state index contributed by atoms with van der Waals surface area (Å²) in [6, 6.07) is 13.7. The maximum Gasteiger partial charge on any atom is 0.279 e. The van der Waals surface area contributed by atoms with E-state index >= 15 is 0 Å². The van der Waals surface area contributed by atoms with E-state index < -0.39 is 0 Å². The van der Waals surface area contributed by atoms with Crippen LogP contribution in [0.25, 0.3) is 0 Å². The van der Waals surface area contributed by atoms with Gasteiger partial charge in [-0.25, -0.2) is 0 Å². The summed E-state index contributed by atoms with van der Waals surface area (Å²) in [4.78, 5) is 25.4. The zero-order valence-corrected chi connectivity index (χ0v) is 16.5. The van der Waals surface area contributed by atoms with Gasteiger partial charge in [0.1, 0.15) is 11.8 Å². The van der Waals surface area contributed by atoms with Crippen molar-refractivity contribution in [2.24, 2.45) is 0 Å². The molecule has 0 aromatic heterocycles. The van der Waals surface area contributed by atoms with Crippen LogP contribution in [0.3, 0.4) is 0 Å². The van der Waals surface area contributed by atoms with Gasteiger partial charge in [-0.15, -0.1) is 0 Å². The number of nitriles is 1. The number of hydrogen-bond donors (Lipinski definition) is 3. The normalized spacial score (nSPS) is 11.2. The van der Waals surface area contributed by atoms with E-state index in [9.17, 15) is 9.59 Å². The van der Waals surface area contributed by atoms with Crippen molar-refractivity contribution >= 4 is 34.8 Å². The highest BCUT2D eigenvalue weighted by molar-refractivity contribution is 6.32. The van der Waals surface area contributed by atoms with Crippen molar-refractivity contribution in [2.45, 2.75) is 6.92 Å². The summed E-state index contributed by atoms with van der Waals surface area (Å²) < 4.78 is 5.13. The number of quaternary nitrogens is 1. The second-order valence-electron chi connectivity index (χ2n) is 6.09. The number of nitrogens with one attached hydrogen (secondary N) is 3. The highest BCUT2D eigenvalue weighted by Crippen LogP contribution is 2.20. The molecular weight excluding hydrogens is 380 g/mol. The third kappa shape index (κ3) is 6.27. The average Bonchev–Trinajstić information content (AvgIpc) is 2.67. The lowest BCUT2D eigenvalue weighted by Crippen LogP contribution is -3.13. The van der Waals surface area contributed by atoms with Crippen LogP contribution in [0.15, 0.2) is 42.5 Å². The summed E-state index contributed by atoms with van der Waals surface area (Å²) in [6.45, 7) is 2.78. The van der Waals surface area contributed by atoms with Gasteiger partial charge in [-0.05, 0) is 37.3 Å². The molecule has 0 spiro atoms. The van der Waals surface area contributed by atoms with Crippen LogP contribution in [0, 0.1) is 11.3 Å². The van der Waals surface area contributed by atoms with E-state index in [1.807, 2.05) is 13.0 Å². The van der Waals surface area contributed by atoms with E-state index in [1.165, 1.54) is 6.07 Å². The van der Waals surface area contributed by atoms with Gasteiger partial charge < -0.3 is 20.3 Å². The first-order chi connectivity index (χ1) is 13.4. The number of halogens is 1. The standard InChI is InChI=1S/C20H21ClN4O3/c1-3-25(12-19(26)23-15-5-4-6-17(9-15)28-2)13-20(27)24-16-8-7-14(11-22)18(21)10-16/h4-10H,3,12-13H2,1-2H3,(H,23,26)(H,24,27)/p+1. The number of methoxy groups -OCH3 is 1. The Balaban J connectivity index is 1.90. The van der Waals surface area contributed by atoms with Gasteiger partial charge in [0, 0.05) is 17.4 Å². The van der Waals surface area contributed by atoms with Crippen molar-refractivity contribution in [1.29, 1.82) is 5.26 Å². The molecule has 0 bridgehead atoms. The molecular formula is C20H22ClN4O3+. The van der Waals surface area contributed by atoms with Gasteiger partial charge in [-0.2, -0.15) is 5.26 Å². The summed E-state index contributed by atoms with van der Waals surface area (Å²) in [5.41, 5.74) is 1.48. The van der Waals surface area contributed by atoms with Crippen molar-refractivity contribution < 1.29 is 19.2 Å². The van der Waals surface area contributed by atoms with Crippen LogP contribution in [0.1, 0.15) is 12.5 Å². The summed E-state index contributed by atoms with van der Waals surface area (Å²) >= 11 is 5.97.